The Balaban J connectivity index is 0.000000258. The van der Waals surface area contributed by atoms with Crippen molar-refractivity contribution in [2.45, 2.75) is 63.7 Å². The van der Waals surface area contributed by atoms with Crippen molar-refractivity contribution in [3.8, 4) is 39.5 Å². The second-order valence-electron chi connectivity index (χ2n) is 16.1. The van der Waals surface area contributed by atoms with Gasteiger partial charge in [-0.15, -0.1) is 18.2 Å². The fourth-order valence-corrected chi connectivity index (χ4v) is 9.53. The SMILES string of the molecule is [2H]C([2H])([2H])c1ccc2c(c1)oc1c(-c3nc4ccccc4n3-c3c(C(C)C)cc(-c4ccccc4)cc3C(C)C)[c-]ccc12.[2H]c1[c-]c(-c2cc[c]([Ge]([CH3])([CH3])[CH3])cn2)cc([2H])c1[2H].[Ir]. The second-order valence-corrected chi connectivity index (χ2v) is 26.8. The third-order valence-electron chi connectivity index (χ3n) is 10.4. The minimum Gasteiger partial charge on any atom is 0 e. The van der Waals surface area contributed by atoms with Crippen LogP contribution in [0.5, 0.6) is 0 Å². The van der Waals surface area contributed by atoms with Crippen LogP contribution in [-0.4, -0.2) is 27.8 Å². The fourth-order valence-electron chi connectivity index (χ4n) is 7.36. The molecule has 0 N–H and O–H groups in total. The summed E-state index contributed by atoms with van der Waals surface area (Å²) in [5.41, 5.74) is 11.4. The quantitative estimate of drug-likeness (QED) is 0.118. The summed E-state index contributed by atoms with van der Waals surface area (Å²) in [5.74, 6) is 8.14. The number of para-hydroxylation sites is 2. The van der Waals surface area contributed by atoms with Crippen molar-refractivity contribution >= 4 is 50.6 Å². The number of hydrogen-bond donors (Lipinski definition) is 0. The van der Waals surface area contributed by atoms with E-state index in [0.717, 1.165) is 38.9 Å². The largest absolute Gasteiger partial charge is 0 e. The molecule has 0 bridgehead atoms. The Hall–Kier alpha value is -5.07. The molecule has 58 heavy (non-hydrogen) atoms. The fraction of sp³-hybridized carbons (Fsp3) is 0.192. The van der Waals surface area contributed by atoms with Crippen LogP contribution < -0.4 is 4.40 Å². The molecule has 0 amide bonds. The van der Waals surface area contributed by atoms with Crippen LogP contribution in [0, 0.1) is 19.0 Å². The molecular weight excluding hydrogens is 947 g/mol. The molecule has 3 heterocycles. The van der Waals surface area contributed by atoms with Crippen LogP contribution in [0.3, 0.4) is 0 Å². The van der Waals surface area contributed by atoms with E-state index < -0.39 is 20.1 Å². The monoisotopic (exact) mass is 1000 g/mol. The zero-order chi connectivity index (χ0) is 45.0. The van der Waals surface area contributed by atoms with Crippen molar-refractivity contribution in [1.82, 2.24) is 14.5 Å². The minimum absolute atomic E-state index is 0. The van der Waals surface area contributed by atoms with Crippen LogP contribution in [-0.2, 0) is 20.1 Å². The van der Waals surface area contributed by atoms with Crippen molar-refractivity contribution < 1.29 is 32.7 Å². The summed E-state index contributed by atoms with van der Waals surface area (Å²) in [6, 6.07) is 44.1. The van der Waals surface area contributed by atoms with Gasteiger partial charge in [0.15, 0.2) is 0 Å². The second kappa shape index (κ2) is 17.0. The van der Waals surface area contributed by atoms with Gasteiger partial charge in [-0.2, -0.15) is 0 Å². The molecule has 0 saturated heterocycles. The molecule has 9 aromatic rings. The molecule has 3 aromatic heterocycles. The van der Waals surface area contributed by atoms with E-state index in [4.69, 9.17) is 17.6 Å². The van der Waals surface area contributed by atoms with Crippen LogP contribution in [0.4, 0.5) is 0 Å². The summed E-state index contributed by atoms with van der Waals surface area (Å²) in [7, 11) is 0. The number of hydrogen-bond acceptors (Lipinski definition) is 3. The van der Waals surface area contributed by atoms with E-state index in [1.807, 2.05) is 48.7 Å². The molecule has 0 fully saturated rings. The van der Waals surface area contributed by atoms with Crippen molar-refractivity contribution in [1.29, 1.82) is 0 Å². The summed E-state index contributed by atoms with van der Waals surface area (Å²) in [6.45, 7) is 6.75. The topological polar surface area (TPSA) is 43.9 Å². The maximum absolute atomic E-state index is 7.90. The molecule has 0 aliphatic carbocycles. The van der Waals surface area contributed by atoms with Gasteiger partial charge >= 0.3 is 104 Å². The van der Waals surface area contributed by atoms with Crippen LogP contribution in [0.2, 0.25) is 17.3 Å². The Labute approximate surface area is 367 Å². The van der Waals surface area contributed by atoms with Gasteiger partial charge in [-0.25, -0.2) is 0 Å². The first-order chi connectivity index (χ1) is 29.9. The third kappa shape index (κ3) is 8.14. The predicted molar refractivity (Wildman–Crippen MR) is 242 cm³/mol. The van der Waals surface area contributed by atoms with Gasteiger partial charge in [-0.3, -0.25) is 4.98 Å². The molecule has 0 saturated carbocycles. The number of pyridine rings is 1. The molecular formula is C52H49GeIrN3O-2. The Kier molecular flexibility index (Phi) is 9.94. The van der Waals surface area contributed by atoms with Crippen molar-refractivity contribution in [3.63, 3.8) is 0 Å². The molecule has 9 rings (SSSR count). The third-order valence-corrected chi connectivity index (χ3v) is 14.7. The Morgan fingerprint density at radius 2 is 1.50 bits per heavy atom. The summed E-state index contributed by atoms with van der Waals surface area (Å²) >= 11 is -1.86. The number of fused-ring (bicyclic) bond motifs is 4. The molecule has 0 atom stereocenters. The van der Waals surface area contributed by atoms with Gasteiger partial charge in [0, 0.05) is 35.3 Å². The molecule has 6 heteroatoms. The van der Waals surface area contributed by atoms with Crippen LogP contribution in [0.25, 0.3) is 72.4 Å². The van der Waals surface area contributed by atoms with Gasteiger partial charge in [0.25, 0.3) is 0 Å². The molecule has 0 aliphatic heterocycles. The Bertz CT molecular complexity index is 3080. The molecule has 6 aromatic carbocycles. The first kappa shape index (κ1) is 33.9. The standard InChI is InChI=1S/C38H33N2O.C14H16GeN.Ir/c1-23(2)31-21-27(26-12-7-6-8-13-26)22-32(24(3)4)36(31)40-34-17-10-9-16-33(34)39-38(40)30-15-11-14-29-28-19-18-25(5)20-35(28)41-37(29)30;1-15(2,3)13-9-10-14(16-11-13)12-7-5-4-6-8-12;/h6-14,16-24H,1-5H3;4-7,9-11H,1-3H3;/q2*-1;/i5D3;4D,5D,6D;. The Morgan fingerprint density at radius 1 is 0.759 bits per heavy atom. The van der Waals surface area contributed by atoms with E-state index in [1.165, 1.54) is 26.6 Å². The maximum Gasteiger partial charge on any atom is 0 e. The Morgan fingerprint density at radius 3 is 2.17 bits per heavy atom. The average molecular weight is 1000 g/mol. The molecule has 0 spiro atoms. The molecule has 293 valence electrons. The first-order valence-electron chi connectivity index (χ1n) is 22.5. The van der Waals surface area contributed by atoms with Crippen LogP contribution in [0.15, 0.2) is 144 Å². The molecule has 4 nitrogen and oxygen atoms in total. The van der Waals surface area contributed by atoms with Crippen molar-refractivity contribution in [3.05, 3.63) is 168 Å². The minimum atomic E-state index is -2.22. The number of furan rings is 1. The number of aromatic nitrogens is 3. The number of benzene rings is 6. The first-order valence-corrected chi connectivity index (χ1v) is 26.8. The van der Waals surface area contributed by atoms with Gasteiger partial charge in [0.2, 0.25) is 0 Å². The predicted octanol–water partition coefficient (Wildman–Crippen LogP) is 13.7. The van der Waals surface area contributed by atoms with Gasteiger partial charge in [-0.05, 0) is 76.8 Å². The summed E-state index contributed by atoms with van der Waals surface area (Å²) < 4.78 is 56.5. The van der Waals surface area contributed by atoms with Gasteiger partial charge in [0.1, 0.15) is 5.58 Å². The summed E-state index contributed by atoms with van der Waals surface area (Å²) in [6.07, 6.45) is 1.89. The van der Waals surface area contributed by atoms with Gasteiger partial charge in [-0.1, -0.05) is 93.2 Å². The van der Waals surface area contributed by atoms with Crippen molar-refractivity contribution in [2.75, 3.05) is 0 Å². The van der Waals surface area contributed by atoms with E-state index >= 15 is 0 Å². The van der Waals surface area contributed by atoms with Crippen LogP contribution in [0.1, 0.15) is 64.4 Å². The van der Waals surface area contributed by atoms with Crippen LogP contribution >= 0.6 is 0 Å². The van der Waals surface area contributed by atoms with Gasteiger partial charge in [0.05, 0.1) is 22.4 Å². The number of imidazole rings is 1. The number of rotatable bonds is 7. The van der Waals surface area contributed by atoms with E-state index in [9.17, 15) is 0 Å². The normalized spacial score (nSPS) is 13.3. The van der Waals surface area contributed by atoms with E-state index in [1.54, 1.807) is 18.2 Å². The summed E-state index contributed by atoms with van der Waals surface area (Å²) in [5, 5.41) is 1.76. The zero-order valence-corrected chi connectivity index (χ0v) is 38.3. The number of aryl methyl sites for hydroxylation is 1. The van der Waals surface area contributed by atoms with Crippen molar-refractivity contribution in [2.24, 2.45) is 0 Å². The smallest absolute Gasteiger partial charge is 0 e. The van der Waals surface area contributed by atoms with E-state index in [2.05, 4.69) is 121 Å². The molecule has 1 radical (unpaired) electrons. The molecule has 0 aliphatic rings. The summed E-state index contributed by atoms with van der Waals surface area (Å²) in [4.78, 5) is 9.61. The molecule has 0 unspecified atom stereocenters. The zero-order valence-electron chi connectivity index (χ0n) is 39.8. The maximum atomic E-state index is 7.90. The number of nitrogens with zero attached hydrogens (tertiary/aromatic N) is 3. The van der Waals surface area contributed by atoms with Gasteiger partial charge < -0.3 is 8.98 Å². The average Bonchev–Trinajstić information content (AvgIpc) is 3.83. The van der Waals surface area contributed by atoms with E-state index in [-0.39, 0.29) is 55.6 Å². The van der Waals surface area contributed by atoms with E-state index in [0.29, 0.717) is 22.4 Å².